The Hall–Kier alpha value is -2.49. The first-order chi connectivity index (χ1) is 12.7. The highest BCUT2D eigenvalue weighted by molar-refractivity contribution is 6.05. The maximum absolute atomic E-state index is 12.3. The number of nitrogens with zero attached hydrogens (tertiary/aromatic N) is 1. The van der Waals surface area contributed by atoms with E-state index in [0.29, 0.717) is 16.9 Å². The average molecular weight is 358 g/mol. The molecule has 0 fully saturated rings. The van der Waals surface area contributed by atoms with Crippen LogP contribution in [0.25, 0.3) is 0 Å². The molecule has 0 radical (unpaired) electrons. The van der Waals surface area contributed by atoms with E-state index in [1.807, 2.05) is 64.1 Å². The molecular formula is C22H35N3O. The Morgan fingerprint density at radius 3 is 2.04 bits per heavy atom. The minimum Gasteiger partial charge on any atom is -0.397 e. The van der Waals surface area contributed by atoms with E-state index < -0.39 is 0 Å². The first-order valence-electron chi connectivity index (χ1n) is 9.66. The monoisotopic (exact) mass is 357 g/mol. The minimum absolute atomic E-state index is 0.150. The number of carbonyl (C=O) groups excluding carboxylic acids is 1. The van der Waals surface area contributed by atoms with Gasteiger partial charge in [-0.1, -0.05) is 46.8 Å². The van der Waals surface area contributed by atoms with Gasteiger partial charge >= 0.3 is 0 Å². The third-order valence-electron chi connectivity index (χ3n) is 3.58. The smallest absolute Gasteiger partial charge is 0.255 e. The van der Waals surface area contributed by atoms with Gasteiger partial charge in [0.15, 0.2) is 0 Å². The van der Waals surface area contributed by atoms with E-state index in [4.69, 9.17) is 5.73 Å². The van der Waals surface area contributed by atoms with Crippen molar-refractivity contribution < 1.29 is 4.79 Å². The molecule has 0 heterocycles. The van der Waals surface area contributed by atoms with Crippen LogP contribution in [0.4, 0.5) is 17.1 Å². The number of anilines is 3. The summed E-state index contributed by atoms with van der Waals surface area (Å²) in [5.74, 6) is -0.150. The van der Waals surface area contributed by atoms with Crippen LogP contribution < -0.4 is 16.0 Å². The average Bonchev–Trinajstić information content (AvgIpc) is 2.71. The maximum Gasteiger partial charge on any atom is 0.255 e. The zero-order valence-corrected chi connectivity index (χ0v) is 17.2. The summed E-state index contributed by atoms with van der Waals surface area (Å²) in [7, 11) is 0. The van der Waals surface area contributed by atoms with Crippen molar-refractivity contribution >= 4 is 23.0 Å². The summed E-state index contributed by atoms with van der Waals surface area (Å²) in [6.45, 7) is 14.3. The van der Waals surface area contributed by atoms with Gasteiger partial charge in [-0.05, 0) is 49.7 Å². The van der Waals surface area contributed by atoms with Gasteiger partial charge in [0, 0.05) is 24.3 Å². The molecule has 26 heavy (non-hydrogen) atoms. The fourth-order valence-electron chi connectivity index (χ4n) is 2.37. The molecule has 0 atom stereocenters. The SMILES string of the molecule is CC.CC.CCCN(CC)c1ccc(C(=O)Nc2ccccc2N)cc1. The lowest BCUT2D eigenvalue weighted by Crippen LogP contribution is -2.23. The molecule has 0 saturated heterocycles. The molecule has 2 aromatic rings. The van der Waals surface area contributed by atoms with Crippen molar-refractivity contribution in [2.24, 2.45) is 0 Å². The van der Waals surface area contributed by atoms with Crippen LogP contribution in [0.1, 0.15) is 58.3 Å². The van der Waals surface area contributed by atoms with Crippen molar-refractivity contribution in [2.75, 3.05) is 29.0 Å². The molecule has 2 rings (SSSR count). The van der Waals surface area contributed by atoms with Crippen LogP contribution in [0.3, 0.4) is 0 Å². The summed E-state index contributed by atoms with van der Waals surface area (Å²) in [5.41, 5.74) is 8.80. The molecule has 0 spiro atoms. The molecule has 0 unspecified atom stereocenters. The van der Waals surface area contributed by atoms with Crippen molar-refractivity contribution in [3.8, 4) is 0 Å². The number of nitrogens with two attached hydrogens (primary N) is 1. The van der Waals surface area contributed by atoms with Crippen LogP contribution >= 0.6 is 0 Å². The summed E-state index contributed by atoms with van der Waals surface area (Å²) in [5, 5.41) is 2.84. The van der Waals surface area contributed by atoms with E-state index in [1.165, 1.54) is 0 Å². The fourth-order valence-corrected chi connectivity index (χ4v) is 2.37. The normalized spacial score (nSPS) is 9.15. The second-order valence-corrected chi connectivity index (χ2v) is 5.17. The molecule has 0 aromatic heterocycles. The number of benzene rings is 2. The third-order valence-corrected chi connectivity index (χ3v) is 3.58. The first-order valence-corrected chi connectivity index (χ1v) is 9.66. The van der Waals surface area contributed by atoms with Gasteiger partial charge in [0.1, 0.15) is 0 Å². The fraction of sp³-hybridized carbons (Fsp3) is 0.409. The number of para-hydroxylation sites is 2. The Labute approximate surface area is 159 Å². The molecule has 0 aliphatic carbocycles. The predicted octanol–water partition coefficient (Wildman–Crippen LogP) is 5.81. The van der Waals surface area contributed by atoms with Gasteiger partial charge < -0.3 is 16.0 Å². The first kappa shape index (κ1) is 23.5. The van der Waals surface area contributed by atoms with E-state index in [2.05, 4.69) is 24.1 Å². The molecule has 0 aliphatic heterocycles. The van der Waals surface area contributed by atoms with Crippen molar-refractivity contribution in [3.05, 3.63) is 54.1 Å². The molecule has 1 amide bonds. The van der Waals surface area contributed by atoms with E-state index in [1.54, 1.807) is 12.1 Å². The van der Waals surface area contributed by atoms with Crippen LogP contribution in [-0.4, -0.2) is 19.0 Å². The second kappa shape index (κ2) is 13.8. The van der Waals surface area contributed by atoms with Gasteiger partial charge in [-0.2, -0.15) is 0 Å². The van der Waals surface area contributed by atoms with Gasteiger partial charge in [0.2, 0.25) is 0 Å². The Balaban J connectivity index is 0.00000146. The lowest BCUT2D eigenvalue weighted by molar-refractivity contribution is 0.102. The number of hydrogen-bond acceptors (Lipinski definition) is 3. The van der Waals surface area contributed by atoms with Crippen LogP contribution in [0.2, 0.25) is 0 Å². The highest BCUT2D eigenvalue weighted by Crippen LogP contribution is 2.19. The highest BCUT2D eigenvalue weighted by atomic mass is 16.1. The highest BCUT2D eigenvalue weighted by Gasteiger charge is 2.09. The Morgan fingerprint density at radius 1 is 0.962 bits per heavy atom. The number of carbonyl (C=O) groups is 1. The molecule has 0 bridgehead atoms. The Morgan fingerprint density at radius 2 is 1.54 bits per heavy atom. The van der Waals surface area contributed by atoms with Crippen LogP contribution in [0.15, 0.2) is 48.5 Å². The largest absolute Gasteiger partial charge is 0.397 e. The van der Waals surface area contributed by atoms with Crippen molar-refractivity contribution in [1.29, 1.82) is 0 Å². The number of rotatable bonds is 6. The zero-order valence-electron chi connectivity index (χ0n) is 17.2. The number of nitrogens with one attached hydrogen (secondary N) is 1. The number of nitrogen functional groups attached to an aromatic ring is 1. The van der Waals surface area contributed by atoms with Gasteiger partial charge in [0.25, 0.3) is 5.91 Å². The van der Waals surface area contributed by atoms with Crippen molar-refractivity contribution in [1.82, 2.24) is 0 Å². The standard InChI is InChI=1S/C18H23N3O.2C2H6/c1-3-13-21(4-2)15-11-9-14(10-12-15)18(22)20-17-8-6-5-7-16(17)19;2*1-2/h5-12H,3-4,13,19H2,1-2H3,(H,20,22);2*1-2H3. The number of amides is 1. The van der Waals surface area contributed by atoms with E-state index >= 15 is 0 Å². The second-order valence-electron chi connectivity index (χ2n) is 5.17. The minimum atomic E-state index is -0.150. The molecule has 2 aromatic carbocycles. The summed E-state index contributed by atoms with van der Waals surface area (Å²) >= 11 is 0. The lowest BCUT2D eigenvalue weighted by Gasteiger charge is -2.22. The quantitative estimate of drug-likeness (QED) is 0.641. The van der Waals surface area contributed by atoms with Crippen LogP contribution in [-0.2, 0) is 0 Å². The Kier molecular flexibility index (Phi) is 12.4. The van der Waals surface area contributed by atoms with E-state index in [9.17, 15) is 4.79 Å². The summed E-state index contributed by atoms with van der Waals surface area (Å²) in [6.07, 6.45) is 1.10. The molecule has 3 N–H and O–H groups in total. The summed E-state index contributed by atoms with van der Waals surface area (Å²) in [6, 6.07) is 14.9. The van der Waals surface area contributed by atoms with Gasteiger partial charge in [-0.25, -0.2) is 0 Å². The molecule has 4 nitrogen and oxygen atoms in total. The van der Waals surface area contributed by atoms with E-state index in [-0.39, 0.29) is 5.91 Å². The lowest BCUT2D eigenvalue weighted by atomic mass is 10.1. The van der Waals surface area contributed by atoms with Crippen molar-refractivity contribution in [2.45, 2.75) is 48.0 Å². The summed E-state index contributed by atoms with van der Waals surface area (Å²) < 4.78 is 0. The molecular weight excluding hydrogens is 322 g/mol. The third kappa shape index (κ3) is 7.18. The molecule has 0 aliphatic rings. The van der Waals surface area contributed by atoms with E-state index in [0.717, 1.165) is 25.2 Å². The number of hydrogen-bond donors (Lipinski definition) is 2. The van der Waals surface area contributed by atoms with Crippen molar-refractivity contribution in [3.63, 3.8) is 0 Å². The van der Waals surface area contributed by atoms with Gasteiger partial charge in [0.05, 0.1) is 11.4 Å². The van der Waals surface area contributed by atoms with Gasteiger partial charge in [-0.15, -0.1) is 0 Å². The predicted molar refractivity (Wildman–Crippen MR) is 116 cm³/mol. The van der Waals surface area contributed by atoms with Gasteiger partial charge in [-0.3, -0.25) is 4.79 Å². The zero-order chi connectivity index (χ0) is 19.9. The maximum atomic E-state index is 12.3. The Bertz CT molecular complexity index is 624. The molecule has 0 saturated carbocycles. The summed E-state index contributed by atoms with van der Waals surface area (Å²) in [4.78, 5) is 14.6. The topological polar surface area (TPSA) is 58.4 Å². The molecule has 144 valence electrons. The molecule has 4 heteroatoms. The van der Waals surface area contributed by atoms with Crippen LogP contribution in [0.5, 0.6) is 0 Å². The van der Waals surface area contributed by atoms with Crippen LogP contribution in [0, 0.1) is 0 Å².